The van der Waals surface area contributed by atoms with E-state index in [1.165, 1.54) is 0 Å². The summed E-state index contributed by atoms with van der Waals surface area (Å²) in [6.45, 7) is 21.0. The van der Waals surface area contributed by atoms with Crippen LogP contribution in [0.25, 0.3) is 0 Å². The maximum Gasteiger partial charge on any atom is 0.417 e. The van der Waals surface area contributed by atoms with E-state index in [0.717, 1.165) is 0 Å². The van der Waals surface area contributed by atoms with Crippen LogP contribution in [0.3, 0.4) is 0 Å². The topological polar surface area (TPSA) is 77.6 Å². The van der Waals surface area contributed by atoms with Crippen LogP contribution in [-0.4, -0.2) is 49.6 Å². The summed E-state index contributed by atoms with van der Waals surface area (Å²) >= 11 is 0. The van der Waals surface area contributed by atoms with Crippen molar-refractivity contribution >= 4 is 38.5 Å². The zero-order valence-electron chi connectivity index (χ0n) is 11.5. The number of azo groups is 1. The van der Waals surface area contributed by atoms with E-state index >= 15 is 0 Å². The molecule has 0 heterocycles. The molecule has 6 heteroatoms. The second kappa shape index (κ2) is 5.96. The van der Waals surface area contributed by atoms with E-state index in [0.29, 0.717) is 11.7 Å². The molecule has 0 aromatic heterocycles. The van der Waals surface area contributed by atoms with Crippen molar-refractivity contribution < 1.29 is 0 Å². The molecular formula is C12H20N6+2. The second-order valence-corrected chi connectivity index (χ2v) is 4.60. The third kappa shape index (κ3) is 3.70. The van der Waals surface area contributed by atoms with Gasteiger partial charge in [-0.1, -0.05) is 0 Å². The van der Waals surface area contributed by atoms with Gasteiger partial charge in [0.25, 0.3) is 0 Å². The summed E-state index contributed by atoms with van der Waals surface area (Å²) in [5.41, 5.74) is -1.43. The van der Waals surface area contributed by atoms with Gasteiger partial charge < -0.3 is 0 Å². The molecule has 0 atom stereocenters. The van der Waals surface area contributed by atoms with Crippen LogP contribution in [0.5, 0.6) is 0 Å². The number of aliphatic imine (C=N–C) groups is 2. The maximum absolute atomic E-state index is 4.21. The van der Waals surface area contributed by atoms with E-state index in [1.54, 1.807) is 0 Å². The fourth-order valence-corrected chi connectivity index (χ4v) is 1.21. The number of nitrogens with zero attached hydrogens (tertiary/aromatic N) is 6. The van der Waals surface area contributed by atoms with Crippen LogP contribution in [0.2, 0.25) is 0 Å². The van der Waals surface area contributed by atoms with E-state index in [9.17, 15) is 0 Å². The lowest BCUT2D eigenvalue weighted by atomic mass is 10.0. The lowest BCUT2D eigenvalue weighted by Crippen LogP contribution is -2.33. The number of rotatable bonds is 4. The molecule has 0 aliphatic carbocycles. The Morgan fingerprint density at radius 1 is 0.778 bits per heavy atom. The Hall–Kier alpha value is -2.16. The normalized spacial score (nSPS) is 11.6. The number of hydrogen-bond acceptors (Lipinski definition) is 2. The maximum atomic E-state index is 4.21. The van der Waals surface area contributed by atoms with Crippen LogP contribution in [0.4, 0.5) is 0 Å². The van der Waals surface area contributed by atoms with Gasteiger partial charge in [0.1, 0.15) is 13.4 Å². The monoisotopic (exact) mass is 248 g/mol. The fraction of sp³-hybridized carbons (Fsp3) is 0.500. The van der Waals surface area contributed by atoms with E-state index < -0.39 is 11.1 Å². The van der Waals surface area contributed by atoms with Gasteiger partial charge in [-0.2, -0.15) is 10.2 Å². The van der Waals surface area contributed by atoms with Crippen molar-refractivity contribution in [1.82, 2.24) is 9.34 Å². The number of amidine groups is 2. The van der Waals surface area contributed by atoms with Crippen molar-refractivity contribution in [1.29, 1.82) is 0 Å². The van der Waals surface area contributed by atoms with Crippen LogP contribution in [0.15, 0.2) is 20.2 Å². The summed E-state index contributed by atoms with van der Waals surface area (Å²) in [6.07, 6.45) is 0. The average Bonchev–Trinajstić information content (AvgIpc) is 2.29. The largest absolute Gasteiger partial charge is 0.417 e. The van der Waals surface area contributed by atoms with Crippen LogP contribution < -0.4 is 9.34 Å². The van der Waals surface area contributed by atoms with Crippen molar-refractivity contribution in [3.05, 3.63) is 0 Å². The minimum absolute atomic E-state index is 0.404. The van der Waals surface area contributed by atoms with Gasteiger partial charge in [-0.25, -0.2) is 9.34 Å². The van der Waals surface area contributed by atoms with Crippen molar-refractivity contribution in [2.45, 2.75) is 38.8 Å². The van der Waals surface area contributed by atoms with Gasteiger partial charge in [0.05, 0.1) is 0 Å². The highest BCUT2D eigenvalue weighted by molar-refractivity contribution is 5.95. The highest BCUT2D eigenvalue weighted by Gasteiger charge is 2.37. The molecule has 0 saturated carbocycles. The minimum Gasteiger partial charge on any atom is -0.218 e. The van der Waals surface area contributed by atoms with Gasteiger partial charge >= 0.3 is 11.7 Å². The highest BCUT2D eigenvalue weighted by atomic mass is 15.2. The molecule has 0 aromatic rings. The summed E-state index contributed by atoms with van der Waals surface area (Å²) in [7, 11) is 0. The van der Waals surface area contributed by atoms with Gasteiger partial charge in [-0.05, 0) is 37.7 Å². The molecule has 0 amide bonds. The lowest BCUT2D eigenvalue weighted by Gasteiger charge is -2.13. The lowest BCUT2D eigenvalue weighted by molar-refractivity contribution is 0.560. The van der Waals surface area contributed by atoms with Gasteiger partial charge in [-0.3, -0.25) is 0 Å². The molecule has 0 unspecified atom stereocenters. The predicted octanol–water partition coefficient (Wildman–Crippen LogP) is 0.730. The molecular weight excluding hydrogens is 228 g/mol. The van der Waals surface area contributed by atoms with E-state index in [2.05, 4.69) is 56.4 Å². The van der Waals surface area contributed by atoms with Gasteiger partial charge in [0, 0.05) is 0 Å². The third-order valence-corrected chi connectivity index (χ3v) is 2.24. The van der Waals surface area contributed by atoms with Crippen molar-refractivity contribution in [2.75, 3.05) is 0 Å². The molecule has 0 rings (SSSR count). The third-order valence-electron chi connectivity index (χ3n) is 2.24. The highest BCUT2D eigenvalue weighted by Crippen LogP contribution is 2.17. The summed E-state index contributed by atoms with van der Waals surface area (Å²) in [4.78, 5) is 7.54. The quantitative estimate of drug-likeness (QED) is 0.304. The summed E-state index contributed by atoms with van der Waals surface area (Å²) < 4.78 is 7.54. The Labute approximate surface area is 107 Å². The molecule has 0 fully saturated rings. The average molecular weight is 248 g/mol. The van der Waals surface area contributed by atoms with E-state index in [-0.39, 0.29) is 0 Å². The SMILES string of the molecule is C=NC(=[N+]=C)C(C)(C)N=NC(C)(C)C(N=C)=[N+]=C. The molecule has 0 bridgehead atoms. The second-order valence-electron chi connectivity index (χ2n) is 4.60. The Kier molecular flexibility index (Phi) is 5.24. The summed E-state index contributed by atoms with van der Waals surface area (Å²) in [5, 5.41) is 8.42. The van der Waals surface area contributed by atoms with Crippen molar-refractivity contribution in [2.24, 2.45) is 20.2 Å². The molecule has 0 N–H and O–H groups in total. The standard InChI is InChI=1S/C12H20N6/c1-11(2,9(13-5)14-6)17-18-12(3,4)10(15-7)16-8/h5-8H2,1-4H3/q+2. The van der Waals surface area contributed by atoms with Crippen molar-refractivity contribution in [3.8, 4) is 0 Å². The molecule has 0 aliphatic rings. The molecule has 96 valence electrons. The fourth-order valence-electron chi connectivity index (χ4n) is 1.21. The van der Waals surface area contributed by atoms with Crippen molar-refractivity contribution in [3.63, 3.8) is 0 Å². The Bertz CT molecular complexity index is 427. The molecule has 0 radical (unpaired) electrons. The molecule has 0 aromatic carbocycles. The molecule has 0 spiro atoms. The van der Waals surface area contributed by atoms with Gasteiger partial charge in [0.2, 0.25) is 0 Å². The smallest absolute Gasteiger partial charge is 0.218 e. The first kappa shape index (κ1) is 15.8. The summed E-state index contributed by atoms with van der Waals surface area (Å²) in [5.74, 6) is 0.809. The Morgan fingerprint density at radius 3 is 1.22 bits per heavy atom. The van der Waals surface area contributed by atoms with Crippen LogP contribution in [-0.2, 0) is 0 Å². The van der Waals surface area contributed by atoms with E-state index in [1.807, 2.05) is 27.7 Å². The Morgan fingerprint density at radius 2 is 1.06 bits per heavy atom. The first-order chi connectivity index (χ1) is 8.25. The Balaban J connectivity index is 5.40. The first-order valence-electron chi connectivity index (χ1n) is 5.31. The van der Waals surface area contributed by atoms with Crippen LogP contribution in [0, 0.1) is 0 Å². The zero-order chi connectivity index (χ0) is 14.4. The first-order valence-corrected chi connectivity index (χ1v) is 5.31. The van der Waals surface area contributed by atoms with Crippen LogP contribution >= 0.6 is 0 Å². The van der Waals surface area contributed by atoms with Crippen LogP contribution in [0.1, 0.15) is 27.7 Å². The molecule has 0 aliphatic heterocycles. The summed E-state index contributed by atoms with van der Waals surface area (Å²) in [6, 6.07) is 0. The van der Waals surface area contributed by atoms with Gasteiger partial charge in [0.15, 0.2) is 24.5 Å². The van der Waals surface area contributed by atoms with E-state index in [4.69, 9.17) is 0 Å². The minimum atomic E-state index is -0.714. The predicted molar refractivity (Wildman–Crippen MR) is 80.6 cm³/mol. The number of hydrogen-bond donors (Lipinski definition) is 0. The molecule has 18 heavy (non-hydrogen) atoms. The molecule has 0 saturated heterocycles. The van der Waals surface area contributed by atoms with Gasteiger partial charge in [-0.15, -0.1) is 0 Å². The zero-order valence-corrected chi connectivity index (χ0v) is 11.5. The molecule has 6 nitrogen and oxygen atoms in total.